The molecule has 0 saturated carbocycles. The molecule has 0 spiro atoms. The van der Waals surface area contributed by atoms with Gasteiger partial charge >= 0.3 is 0 Å². The van der Waals surface area contributed by atoms with E-state index in [0.717, 1.165) is 20.5 Å². The fourth-order valence-electron chi connectivity index (χ4n) is 5.84. The van der Waals surface area contributed by atoms with E-state index in [1.807, 2.05) is 0 Å². The van der Waals surface area contributed by atoms with Gasteiger partial charge in [-0.05, 0) is 71.6 Å². The van der Waals surface area contributed by atoms with Crippen LogP contribution in [0.5, 0.6) is 0 Å². The largest absolute Gasteiger partial charge is 0.309 e. The van der Waals surface area contributed by atoms with Crippen LogP contribution in [-0.2, 0) is 0 Å². The highest BCUT2D eigenvalue weighted by atomic mass is 32.1. The summed E-state index contributed by atoms with van der Waals surface area (Å²) in [4.78, 5) is 0. The molecule has 0 aliphatic heterocycles. The molecule has 0 radical (unpaired) electrons. The lowest BCUT2D eigenvalue weighted by Crippen LogP contribution is -1.96. The van der Waals surface area contributed by atoms with Gasteiger partial charge in [-0.1, -0.05) is 96.8 Å². The fourth-order valence-corrected chi connectivity index (χ4v) is 6.80. The van der Waals surface area contributed by atoms with Crippen LogP contribution in [0.1, 0.15) is 28.8 Å². The first-order valence-corrected chi connectivity index (χ1v) is 14.5. The molecule has 10 rings (SSSR count). The van der Waals surface area contributed by atoms with Crippen molar-refractivity contribution in [1.82, 2.24) is 9.13 Å². The number of fused-ring (bicyclic) bond motifs is 9. The average Bonchev–Trinajstić information content (AvgIpc) is 3.98. The van der Waals surface area contributed by atoms with E-state index < -0.39 is 153 Å². The maximum atomic E-state index is 9.93. The second-order valence-corrected chi connectivity index (χ2v) is 11.2. The number of benzene rings is 7. The minimum absolute atomic E-state index is 0.0192. The molecule has 0 amide bonds. The Hall–Kier alpha value is -5.64. The Kier molecular flexibility index (Phi) is 2.52. The van der Waals surface area contributed by atoms with E-state index in [-0.39, 0.29) is 54.6 Å². The van der Waals surface area contributed by atoms with E-state index >= 15 is 0 Å². The van der Waals surface area contributed by atoms with Crippen molar-refractivity contribution in [1.29, 1.82) is 0 Å². The predicted molar refractivity (Wildman–Crippen MR) is 193 cm³/mol. The molecule has 45 heavy (non-hydrogen) atoms. The monoisotopic (exact) mass is 611 g/mol. The Labute approximate surface area is 293 Å². The van der Waals surface area contributed by atoms with Crippen molar-refractivity contribution >= 4 is 75.1 Å². The molecule has 3 heteroatoms. The van der Waals surface area contributed by atoms with E-state index in [0.29, 0.717) is 5.56 Å². The molecule has 0 unspecified atom stereocenters. The van der Waals surface area contributed by atoms with Crippen LogP contribution in [0, 0.1) is 0 Å². The Bertz CT molecular complexity index is 3870. The molecule has 0 saturated heterocycles. The van der Waals surface area contributed by atoms with Gasteiger partial charge < -0.3 is 9.13 Å². The van der Waals surface area contributed by atoms with E-state index in [2.05, 4.69) is 0 Å². The SMILES string of the molecule is [2H]c1c(-c2ccccc2)c([2H])c2c(sc3c([2H])c([2H])c([2H])c(-n4c5c([2H])c([2H])c([2H])c([2H])c5c5c([2H])c(-n6c7c([2H])c([2H])c([2H])c([2H])c7c7c([2H])c([2H])c([2H])c([2H])c76)c([2H])c([2H])c54)c32)c1[2H]. The number of thiophene rings is 1. The van der Waals surface area contributed by atoms with E-state index in [9.17, 15) is 9.60 Å². The summed E-state index contributed by atoms with van der Waals surface area (Å²) in [7, 11) is 0. The van der Waals surface area contributed by atoms with Gasteiger partial charge in [0, 0.05) is 47.4 Å². The molecule has 210 valence electrons. The van der Waals surface area contributed by atoms with Gasteiger partial charge in [0.2, 0.25) is 0 Å². The van der Waals surface area contributed by atoms with Crippen molar-refractivity contribution in [2.24, 2.45) is 0 Å². The lowest BCUT2D eigenvalue weighted by molar-refractivity contribution is 1.17. The van der Waals surface area contributed by atoms with Crippen LogP contribution in [0.3, 0.4) is 0 Å². The average molecular weight is 612 g/mol. The van der Waals surface area contributed by atoms with Gasteiger partial charge in [0.1, 0.15) is 0 Å². The predicted octanol–water partition coefficient (Wildman–Crippen LogP) is 11.9. The summed E-state index contributed by atoms with van der Waals surface area (Å²) in [6.45, 7) is 0. The summed E-state index contributed by atoms with van der Waals surface area (Å²) >= 11 is 0.797. The van der Waals surface area contributed by atoms with Crippen LogP contribution >= 0.6 is 11.3 Å². The van der Waals surface area contributed by atoms with Crippen LogP contribution in [0.4, 0.5) is 0 Å². The number of hydrogen-bond acceptors (Lipinski definition) is 1. The lowest BCUT2D eigenvalue weighted by Gasteiger charge is -2.12. The second-order valence-electron chi connectivity index (χ2n) is 10.1. The number of nitrogens with zero attached hydrogens (tertiary/aromatic N) is 2. The smallest absolute Gasteiger partial charge is 0.0652 e. The van der Waals surface area contributed by atoms with Crippen LogP contribution in [0.15, 0.2) is 157 Å². The summed E-state index contributed by atoms with van der Waals surface area (Å²) in [6, 6.07) is -6.17. The van der Waals surface area contributed by atoms with Crippen molar-refractivity contribution < 1.29 is 28.8 Å². The van der Waals surface area contributed by atoms with Gasteiger partial charge in [-0.3, -0.25) is 0 Å². The molecule has 0 aliphatic carbocycles. The minimum atomic E-state index is -0.883. The molecule has 7 aromatic carbocycles. The van der Waals surface area contributed by atoms with Crippen molar-refractivity contribution in [3.63, 3.8) is 0 Å². The lowest BCUT2D eigenvalue weighted by atomic mass is 10.0. The Morgan fingerprint density at radius 2 is 1.09 bits per heavy atom. The number of hydrogen-bond donors (Lipinski definition) is 0. The molecular formula is C42H26N2S. The highest BCUT2D eigenvalue weighted by Gasteiger charge is 2.19. The molecule has 3 heterocycles. The van der Waals surface area contributed by atoms with Gasteiger partial charge in [-0.15, -0.1) is 11.3 Å². The molecule has 0 bridgehead atoms. The first-order valence-electron chi connectivity index (χ1n) is 24.2. The summed E-state index contributed by atoms with van der Waals surface area (Å²) in [5.74, 6) is 0. The molecule has 0 atom stereocenters. The molecule has 0 aliphatic rings. The third kappa shape index (κ3) is 3.56. The third-order valence-electron chi connectivity index (χ3n) is 7.74. The molecule has 0 N–H and O–H groups in total. The number of para-hydroxylation sites is 3. The summed E-state index contributed by atoms with van der Waals surface area (Å²) in [5.41, 5.74) is -2.53. The fraction of sp³-hybridized carbons (Fsp3) is 0. The second kappa shape index (κ2) is 9.43. The molecular weight excluding hydrogens is 565 g/mol. The quantitative estimate of drug-likeness (QED) is 0.188. The van der Waals surface area contributed by atoms with Gasteiger partial charge in [0.15, 0.2) is 0 Å². The minimum Gasteiger partial charge on any atom is -0.309 e. The third-order valence-corrected chi connectivity index (χ3v) is 8.76. The zero-order valence-corrected chi connectivity index (χ0v) is 23.5. The van der Waals surface area contributed by atoms with Crippen LogP contribution < -0.4 is 0 Å². The number of aromatic nitrogens is 2. The summed E-state index contributed by atoms with van der Waals surface area (Å²) < 4.78 is 192. The molecule has 0 fully saturated rings. The van der Waals surface area contributed by atoms with Crippen LogP contribution in [0.25, 0.3) is 86.3 Å². The molecule has 3 aromatic heterocycles. The molecule has 2 nitrogen and oxygen atoms in total. The number of rotatable bonds is 3. The standard InChI is InChI=1S/C42H26N2S/c1-2-11-27(12-3-1)28-21-24-40-34(25-28)42-39(19-10-20-41(42)45-40)44-37-18-9-6-15-32(37)33-26-29(22-23-38(33)44)43-35-16-7-4-13-30(35)31-14-5-8-17-36(31)43/h1-26H/i4D,5D,6D,7D,8D,9D,10D,13D,14D,15D,16D,17D,18D,19D,20D,21D,22D,23D,24D,25D,26D. The van der Waals surface area contributed by atoms with Crippen LogP contribution in [0.2, 0.25) is 0 Å². The highest BCUT2D eigenvalue weighted by molar-refractivity contribution is 7.25. The normalized spacial score (nSPS) is 18.5. The van der Waals surface area contributed by atoms with Crippen LogP contribution in [-0.4, -0.2) is 9.13 Å². The van der Waals surface area contributed by atoms with Gasteiger partial charge in [0.05, 0.1) is 56.5 Å². The van der Waals surface area contributed by atoms with Gasteiger partial charge in [0.25, 0.3) is 0 Å². The first kappa shape index (κ1) is 12.0. The summed E-state index contributed by atoms with van der Waals surface area (Å²) in [5, 5.41) is -1.81. The Morgan fingerprint density at radius 1 is 0.444 bits per heavy atom. The Morgan fingerprint density at radius 3 is 1.82 bits per heavy atom. The highest BCUT2D eigenvalue weighted by Crippen LogP contribution is 2.43. The van der Waals surface area contributed by atoms with E-state index in [1.165, 1.54) is 0 Å². The topological polar surface area (TPSA) is 9.86 Å². The van der Waals surface area contributed by atoms with Gasteiger partial charge in [-0.25, -0.2) is 0 Å². The van der Waals surface area contributed by atoms with Crippen molar-refractivity contribution in [2.45, 2.75) is 0 Å². The molecule has 10 aromatic rings. The zero-order chi connectivity index (χ0) is 47.8. The first-order chi connectivity index (χ1) is 31.1. The van der Waals surface area contributed by atoms with Crippen molar-refractivity contribution in [3.05, 3.63) is 157 Å². The van der Waals surface area contributed by atoms with Crippen molar-refractivity contribution in [2.75, 3.05) is 0 Å². The maximum Gasteiger partial charge on any atom is 0.0652 e. The van der Waals surface area contributed by atoms with Gasteiger partial charge in [-0.2, -0.15) is 0 Å². The summed E-state index contributed by atoms with van der Waals surface area (Å²) in [6.07, 6.45) is 0. The maximum absolute atomic E-state index is 9.93. The van der Waals surface area contributed by atoms with E-state index in [1.54, 1.807) is 30.3 Å². The van der Waals surface area contributed by atoms with E-state index in [4.69, 9.17) is 19.2 Å². The van der Waals surface area contributed by atoms with Crippen molar-refractivity contribution in [3.8, 4) is 22.5 Å². The Balaban J connectivity index is 1.50. The zero-order valence-electron chi connectivity index (χ0n) is 43.7.